The molecule has 7 heteroatoms. The minimum atomic E-state index is -1.04. The maximum Gasteiger partial charge on any atom is 0.329 e. The zero-order valence-electron chi connectivity index (χ0n) is 15.8. The maximum absolute atomic E-state index is 12.5. The first-order chi connectivity index (χ1) is 13.5. The van der Waals surface area contributed by atoms with Gasteiger partial charge in [0.2, 0.25) is 11.8 Å². The Morgan fingerprint density at radius 1 is 1.11 bits per heavy atom. The fourth-order valence-electron chi connectivity index (χ4n) is 3.61. The van der Waals surface area contributed by atoms with E-state index in [4.69, 9.17) is 4.74 Å². The van der Waals surface area contributed by atoms with Crippen molar-refractivity contribution >= 4 is 23.7 Å². The maximum atomic E-state index is 12.5. The molecule has 1 aromatic carbocycles. The Balaban J connectivity index is 1.44. The van der Waals surface area contributed by atoms with Gasteiger partial charge in [-0.2, -0.15) is 0 Å². The van der Waals surface area contributed by atoms with Crippen LogP contribution >= 0.6 is 0 Å². The third kappa shape index (κ3) is 4.30. The van der Waals surface area contributed by atoms with Crippen LogP contribution in [0, 0.1) is 11.8 Å². The molecule has 0 radical (unpaired) electrons. The lowest BCUT2D eigenvalue weighted by molar-refractivity contribution is -0.159. The van der Waals surface area contributed by atoms with Crippen LogP contribution in [0.1, 0.15) is 25.3 Å². The van der Waals surface area contributed by atoms with Gasteiger partial charge in [-0.25, -0.2) is 4.79 Å². The molecule has 1 aromatic rings. The van der Waals surface area contributed by atoms with Gasteiger partial charge in [-0.1, -0.05) is 42.5 Å². The fraction of sp³-hybridized carbons (Fsp3) is 0.429. The van der Waals surface area contributed by atoms with Crippen LogP contribution in [0.15, 0.2) is 42.5 Å². The Morgan fingerprint density at radius 3 is 2.32 bits per heavy atom. The van der Waals surface area contributed by atoms with E-state index in [9.17, 15) is 19.2 Å². The molecule has 148 valence electrons. The molecule has 0 bridgehead atoms. The van der Waals surface area contributed by atoms with Gasteiger partial charge < -0.3 is 10.1 Å². The zero-order chi connectivity index (χ0) is 20.1. The highest BCUT2D eigenvalue weighted by molar-refractivity contribution is 6.08. The molecule has 0 saturated carbocycles. The van der Waals surface area contributed by atoms with Crippen molar-refractivity contribution in [2.45, 2.75) is 32.2 Å². The molecule has 1 saturated heterocycles. The number of amides is 3. The van der Waals surface area contributed by atoms with Crippen LogP contribution < -0.4 is 5.32 Å². The van der Waals surface area contributed by atoms with Gasteiger partial charge in [0.1, 0.15) is 6.04 Å². The molecule has 0 spiro atoms. The van der Waals surface area contributed by atoms with Gasteiger partial charge in [-0.05, 0) is 31.7 Å². The largest absolute Gasteiger partial charge is 0.454 e. The van der Waals surface area contributed by atoms with E-state index < -0.39 is 36.4 Å². The molecular weight excluding hydrogens is 360 g/mol. The number of benzene rings is 1. The van der Waals surface area contributed by atoms with Gasteiger partial charge in [0, 0.05) is 6.54 Å². The Kier molecular flexibility index (Phi) is 6.23. The Morgan fingerprint density at radius 2 is 1.71 bits per heavy atom. The van der Waals surface area contributed by atoms with Gasteiger partial charge in [0.25, 0.3) is 5.91 Å². The first kappa shape index (κ1) is 19.8. The van der Waals surface area contributed by atoms with Gasteiger partial charge >= 0.3 is 5.97 Å². The van der Waals surface area contributed by atoms with Crippen LogP contribution in [0.25, 0.3) is 0 Å². The number of esters is 1. The first-order valence-electron chi connectivity index (χ1n) is 9.48. The molecule has 1 N–H and O–H groups in total. The van der Waals surface area contributed by atoms with Gasteiger partial charge in [-0.3, -0.25) is 19.3 Å². The van der Waals surface area contributed by atoms with Crippen molar-refractivity contribution in [1.29, 1.82) is 0 Å². The summed E-state index contributed by atoms with van der Waals surface area (Å²) < 4.78 is 5.02. The number of hydrogen-bond acceptors (Lipinski definition) is 5. The zero-order valence-corrected chi connectivity index (χ0v) is 15.8. The summed E-state index contributed by atoms with van der Waals surface area (Å²) in [5.41, 5.74) is 1.09. The number of nitrogens with one attached hydrogen (secondary N) is 1. The number of carbonyl (C=O) groups excluding carboxylic acids is 4. The average Bonchev–Trinajstić information content (AvgIpc) is 2.97. The van der Waals surface area contributed by atoms with Crippen LogP contribution in [-0.2, 0) is 30.3 Å². The monoisotopic (exact) mass is 384 g/mol. The number of allylic oxidation sites excluding steroid dienone is 2. The first-order valence-corrected chi connectivity index (χ1v) is 9.48. The summed E-state index contributed by atoms with van der Waals surface area (Å²) >= 11 is 0. The minimum Gasteiger partial charge on any atom is -0.454 e. The van der Waals surface area contributed by atoms with E-state index >= 15 is 0 Å². The van der Waals surface area contributed by atoms with Crippen molar-refractivity contribution < 1.29 is 23.9 Å². The van der Waals surface area contributed by atoms with E-state index in [0.717, 1.165) is 10.5 Å². The van der Waals surface area contributed by atoms with E-state index in [1.165, 1.54) is 6.92 Å². The molecule has 1 aliphatic heterocycles. The third-order valence-electron chi connectivity index (χ3n) is 5.19. The second kappa shape index (κ2) is 8.82. The van der Waals surface area contributed by atoms with E-state index in [1.54, 1.807) is 0 Å². The molecule has 1 aliphatic carbocycles. The van der Waals surface area contributed by atoms with Crippen molar-refractivity contribution in [3.63, 3.8) is 0 Å². The van der Waals surface area contributed by atoms with Gasteiger partial charge in [0.15, 0.2) is 6.61 Å². The van der Waals surface area contributed by atoms with E-state index in [0.29, 0.717) is 25.8 Å². The second-order valence-electron chi connectivity index (χ2n) is 7.07. The molecule has 3 rings (SSSR count). The van der Waals surface area contributed by atoms with Crippen LogP contribution in [-0.4, -0.2) is 47.8 Å². The van der Waals surface area contributed by atoms with Crippen molar-refractivity contribution in [3.05, 3.63) is 48.0 Å². The summed E-state index contributed by atoms with van der Waals surface area (Å²) in [7, 11) is 0. The van der Waals surface area contributed by atoms with Crippen LogP contribution in [0.5, 0.6) is 0 Å². The number of fused-ring (bicyclic) bond motifs is 1. The Hall–Kier alpha value is -2.96. The molecule has 3 amide bonds. The Labute approximate surface area is 163 Å². The van der Waals surface area contributed by atoms with Crippen molar-refractivity contribution in [3.8, 4) is 0 Å². The summed E-state index contributed by atoms with van der Waals surface area (Å²) in [5.74, 6) is -2.64. The normalized spacial score (nSPS) is 22.0. The molecule has 28 heavy (non-hydrogen) atoms. The summed E-state index contributed by atoms with van der Waals surface area (Å²) in [6, 6.07) is 8.66. The molecule has 1 heterocycles. The number of rotatable bonds is 7. The van der Waals surface area contributed by atoms with Crippen molar-refractivity contribution in [2.75, 3.05) is 13.2 Å². The lowest BCUT2D eigenvalue weighted by atomic mass is 9.85. The van der Waals surface area contributed by atoms with Gasteiger partial charge in [0.05, 0.1) is 11.8 Å². The van der Waals surface area contributed by atoms with E-state index in [-0.39, 0.29) is 11.8 Å². The molecular formula is C21H24N2O5. The van der Waals surface area contributed by atoms with Crippen molar-refractivity contribution in [2.24, 2.45) is 11.8 Å². The Bertz CT molecular complexity index is 763. The van der Waals surface area contributed by atoms with Crippen LogP contribution in [0.3, 0.4) is 0 Å². The predicted molar refractivity (Wildman–Crippen MR) is 101 cm³/mol. The molecule has 7 nitrogen and oxygen atoms in total. The number of nitrogens with zero attached hydrogens (tertiary/aromatic N) is 1. The molecule has 3 atom stereocenters. The quantitative estimate of drug-likeness (QED) is 0.434. The third-order valence-corrected chi connectivity index (χ3v) is 5.19. The highest BCUT2D eigenvalue weighted by atomic mass is 16.5. The van der Waals surface area contributed by atoms with Crippen LogP contribution in [0.2, 0.25) is 0 Å². The highest BCUT2D eigenvalue weighted by Gasteiger charge is 2.50. The van der Waals surface area contributed by atoms with Gasteiger partial charge in [-0.15, -0.1) is 0 Å². The number of imide groups is 1. The highest BCUT2D eigenvalue weighted by Crippen LogP contribution is 2.36. The predicted octanol–water partition coefficient (Wildman–Crippen LogP) is 1.23. The number of carbonyl (C=O) groups is 4. The van der Waals surface area contributed by atoms with E-state index in [2.05, 4.69) is 5.32 Å². The molecule has 2 aliphatic rings. The molecule has 0 unspecified atom stereocenters. The number of likely N-dealkylation sites (tertiary alicyclic amines) is 1. The average molecular weight is 384 g/mol. The lowest BCUT2D eigenvalue weighted by Crippen LogP contribution is -2.45. The summed E-state index contributed by atoms with van der Waals surface area (Å²) in [6.07, 6.45) is 5.47. The summed E-state index contributed by atoms with van der Waals surface area (Å²) in [5, 5.41) is 2.68. The fourth-order valence-corrected chi connectivity index (χ4v) is 3.61. The summed E-state index contributed by atoms with van der Waals surface area (Å²) in [4.78, 5) is 50.1. The van der Waals surface area contributed by atoms with E-state index in [1.807, 2.05) is 42.5 Å². The molecule has 0 aromatic heterocycles. The molecule has 1 fully saturated rings. The summed E-state index contributed by atoms with van der Waals surface area (Å²) in [6.45, 7) is 1.44. The number of ether oxygens (including phenoxy) is 1. The SMILES string of the molecule is C[C@@H](C(=O)OCC(=O)NCCc1ccccc1)N1C(=O)[C@H]2CC=CC[C@H]2C1=O. The minimum absolute atomic E-state index is 0.337. The van der Waals surface area contributed by atoms with Crippen molar-refractivity contribution in [1.82, 2.24) is 10.2 Å². The topological polar surface area (TPSA) is 92.8 Å². The smallest absolute Gasteiger partial charge is 0.329 e. The standard InChI is InChI=1S/C21H24N2O5/c1-14(23-19(25)16-9-5-6-10-17(16)20(23)26)21(27)28-13-18(24)22-12-11-15-7-3-2-4-8-15/h2-8,14,16-17H,9-13H2,1H3,(H,22,24)/t14-,16-,17+/m0/s1. The van der Waals surface area contributed by atoms with Crippen LogP contribution in [0.4, 0.5) is 0 Å². The second-order valence-corrected chi connectivity index (χ2v) is 7.07. The number of hydrogen-bond donors (Lipinski definition) is 1. The lowest BCUT2D eigenvalue weighted by Gasteiger charge is -2.21.